The molecule has 1 aromatic carbocycles. The highest BCUT2D eigenvalue weighted by Crippen LogP contribution is 2.28. The minimum Gasteiger partial charge on any atom is -0.398 e. The maximum atomic E-state index is 12.6. The van der Waals surface area contributed by atoms with Crippen molar-refractivity contribution in [2.75, 3.05) is 19.4 Å². The van der Waals surface area contributed by atoms with E-state index < -0.39 is 10.0 Å². The zero-order valence-electron chi connectivity index (χ0n) is 11.4. The van der Waals surface area contributed by atoms with E-state index in [0.29, 0.717) is 18.6 Å². The molecule has 0 aromatic heterocycles. The Morgan fingerprint density at radius 1 is 1.50 bits per heavy atom. The second kappa shape index (κ2) is 5.40. The molecule has 108 valence electrons. The van der Waals surface area contributed by atoms with Crippen LogP contribution in [-0.4, -0.2) is 38.5 Å². The van der Waals surface area contributed by atoms with E-state index >= 15 is 0 Å². The van der Waals surface area contributed by atoms with Crippen molar-refractivity contribution in [3.8, 4) is 6.07 Å². The number of nitrogen functional groups attached to an aromatic ring is 1. The zero-order chi connectivity index (χ0) is 14.9. The van der Waals surface area contributed by atoms with Gasteiger partial charge in [0, 0.05) is 13.7 Å². The van der Waals surface area contributed by atoms with E-state index in [1.165, 1.54) is 29.6 Å². The third-order valence-corrected chi connectivity index (χ3v) is 5.56. The van der Waals surface area contributed by atoms with Crippen LogP contribution in [0.5, 0.6) is 0 Å². The Kier molecular flexibility index (Phi) is 3.99. The second-order valence-corrected chi connectivity index (χ2v) is 6.78. The van der Waals surface area contributed by atoms with Gasteiger partial charge in [0.2, 0.25) is 10.0 Å². The minimum absolute atomic E-state index is 0.0260. The average molecular weight is 295 g/mol. The van der Waals surface area contributed by atoms with Crippen LogP contribution in [0, 0.1) is 11.3 Å². The van der Waals surface area contributed by atoms with Gasteiger partial charge in [0.1, 0.15) is 4.90 Å². The maximum Gasteiger partial charge on any atom is 0.245 e. The summed E-state index contributed by atoms with van der Waals surface area (Å²) in [6.45, 7) is 2.40. The van der Waals surface area contributed by atoms with Crippen LogP contribution < -0.4 is 5.73 Å². The first-order valence-corrected chi connectivity index (χ1v) is 7.71. The fourth-order valence-electron chi connectivity index (χ4n) is 2.38. The number of nitrogens with zero attached hydrogens (tertiary/aromatic N) is 2. The lowest BCUT2D eigenvalue weighted by atomic mass is 10.2. The van der Waals surface area contributed by atoms with E-state index in [0.717, 1.165) is 0 Å². The van der Waals surface area contributed by atoms with Crippen molar-refractivity contribution in [1.29, 1.82) is 5.26 Å². The molecule has 0 saturated carbocycles. The van der Waals surface area contributed by atoms with E-state index in [4.69, 9.17) is 15.7 Å². The molecule has 1 aliphatic heterocycles. The molecule has 7 heteroatoms. The van der Waals surface area contributed by atoms with E-state index in [-0.39, 0.29) is 22.7 Å². The van der Waals surface area contributed by atoms with Crippen LogP contribution in [0.3, 0.4) is 0 Å². The molecule has 6 nitrogen and oxygen atoms in total. The molecule has 2 N–H and O–H groups in total. The Bertz CT molecular complexity index is 651. The number of nitrogens with two attached hydrogens (primary N) is 1. The third-order valence-electron chi connectivity index (χ3n) is 3.60. The Balaban J connectivity index is 2.38. The van der Waals surface area contributed by atoms with Gasteiger partial charge >= 0.3 is 0 Å². The molecule has 1 aromatic rings. The topological polar surface area (TPSA) is 96.4 Å². The fourth-order valence-corrected chi connectivity index (χ4v) is 3.92. The van der Waals surface area contributed by atoms with Crippen LogP contribution in [-0.2, 0) is 14.8 Å². The highest BCUT2D eigenvalue weighted by atomic mass is 32.2. The molecule has 1 fully saturated rings. The Hall–Kier alpha value is -1.62. The van der Waals surface area contributed by atoms with Crippen LogP contribution in [0.15, 0.2) is 23.1 Å². The van der Waals surface area contributed by atoms with Gasteiger partial charge < -0.3 is 10.5 Å². The number of anilines is 1. The van der Waals surface area contributed by atoms with Crippen LogP contribution in [0.25, 0.3) is 0 Å². The van der Waals surface area contributed by atoms with Crippen molar-refractivity contribution < 1.29 is 13.2 Å². The van der Waals surface area contributed by atoms with Crippen molar-refractivity contribution in [2.45, 2.75) is 30.4 Å². The quantitative estimate of drug-likeness (QED) is 0.837. The summed E-state index contributed by atoms with van der Waals surface area (Å²) in [5.41, 5.74) is 6.19. The van der Waals surface area contributed by atoms with Gasteiger partial charge in [-0.15, -0.1) is 0 Å². The first-order valence-electron chi connectivity index (χ1n) is 6.27. The number of nitriles is 1. The van der Waals surface area contributed by atoms with E-state index in [1.807, 2.05) is 13.0 Å². The summed E-state index contributed by atoms with van der Waals surface area (Å²) in [5, 5.41) is 8.79. The fraction of sp³-hybridized carbons (Fsp3) is 0.462. The SMILES string of the molecule is CC1OCCC1N(C)S(=O)(=O)c1ccc(C#N)cc1N. The van der Waals surface area contributed by atoms with E-state index in [1.54, 1.807) is 0 Å². The smallest absolute Gasteiger partial charge is 0.245 e. The molecule has 2 atom stereocenters. The monoisotopic (exact) mass is 295 g/mol. The number of likely N-dealkylation sites (N-methyl/N-ethyl adjacent to an activating group) is 1. The van der Waals surface area contributed by atoms with Crippen LogP contribution in [0.4, 0.5) is 5.69 Å². The molecule has 1 saturated heterocycles. The van der Waals surface area contributed by atoms with Crippen molar-refractivity contribution in [1.82, 2.24) is 4.31 Å². The molecule has 1 aliphatic rings. The van der Waals surface area contributed by atoms with Gasteiger partial charge in [0.05, 0.1) is 29.5 Å². The third kappa shape index (κ3) is 2.50. The number of rotatable bonds is 3. The lowest BCUT2D eigenvalue weighted by Crippen LogP contribution is -2.41. The first-order chi connectivity index (χ1) is 9.37. The van der Waals surface area contributed by atoms with Crippen LogP contribution in [0.1, 0.15) is 18.9 Å². The van der Waals surface area contributed by atoms with Crippen molar-refractivity contribution >= 4 is 15.7 Å². The summed E-state index contributed by atoms with van der Waals surface area (Å²) in [6.07, 6.45) is 0.516. The zero-order valence-corrected chi connectivity index (χ0v) is 12.2. The van der Waals surface area contributed by atoms with E-state index in [2.05, 4.69) is 0 Å². The van der Waals surface area contributed by atoms with E-state index in [9.17, 15) is 8.42 Å². The highest BCUT2D eigenvalue weighted by Gasteiger charge is 2.36. The number of ether oxygens (including phenoxy) is 1. The standard InChI is InChI=1S/C13H17N3O3S/c1-9-12(5-6-19-9)16(2)20(17,18)13-4-3-10(8-14)7-11(13)15/h3-4,7,9,12H,5-6,15H2,1-2H3. The number of hydrogen-bond donors (Lipinski definition) is 1. The van der Waals surface area contributed by atoms with Gasteiger partial charge in [0.25, 0.3) is 0 Å². The van der Waals surface area contributed by atoms with Crippen molar-refractivity contribution in [3.63, 3.8) is 0 Å². The summed E-state index contributed by atoms with van der Waals surface area (Å²) in [6, 6.07) is 5.93. The lowest BCUT2D eigenvalue weighted by Gasteiger charge is -2.26. The molecular weight excluding hydrogens is 278 g/mol. The molecule has 2 rings (SSSR count). The minimum atomic E-state index is -3.69. The van der Waals surface area contributed by atoms with Gasteiger partial charge in [-0.05, 0) is 31.5 Å². The summed E-state index contributed by atoms with van der Waals surface area (Å²) in [7, 11) is -2.16. The Morgan fingerprint density at radius 2 is 2.20 bits per heavy atom. The van der Waals surface area contributed by atoms with Gasteiger partial charge in [-0.3, -0.25) is 0 Å². The molecule has 1 heterocycles. The maximum absolute atomic E-state index is 12.6. The normalized spacial score (nSPS) is 22.9. The molecule has 0 amide bonds. The number of hydrogen-bond acceptors (Lipinski definition) is 5. The van der Waals surface area contributed by atoms with Crippen LogP contribution >= 0.6 is 0 Å². The predicted molar refractivity (Wildman–Crippen MR) is 74.3 cm³/mol. The lowest BCUT2D eigenvalue weighted by molar-refractivity contribution is 0.102. The average Bonchev–Trinajstić information content (AvgIpc) is 2.83. The summed E-state index contributed by atoms with van der Waals surface area (Å²) >= 11 is 0. The first kappa shape index (κ1) is 14.8. The molecule has 0 spiro atoms. The number of benzene rings is 1. The summed E-state index contributed by atoms with van der Waals surface area (Å²) < 4.78 is 31.9. The van der Waals surface area contributed by atoms with Crippen LogP contribution in [0.2, 0.25) is 0 Å². The molecule has 0 bridgehead atoms. The second-order valence-electron chi connectivity index (χ2n) is 4.82. The van der Waals surface area contributed by atoms with Gasteiger partial charge in [-0.1, -0.05) is 0 Å². The van der Waals surface area contributed by atoms with Crippen molar-refractivity contribution in [3.05, 3.63) is 23.8 Å². The molecular formula is C13H17N3O3S. The molecule has 2 unspecified atom stereocenters. The van der Waals surface area contributed by atoms with Gasteiger partial charge in [0.15, 0.2) is 0 Å². The molecule has 20 heavy (non-hydrogen) atoms. The Labute approximate surface area is 118 Å². The van der Waals surface area contributed by atoms with Gasteiger partial charge in [-0.25, -0.2) is 8.42 Å². The highest BCUT2D eigenvalue weighted by molar-refractivity contribution is 7.89. The largest absolute Gasteiger partial charge is 0.398 e. The number of sulfonamides is 1. The molecule has 0 aliphatic carbocycles. The van der Waals surface area contributed by atoms with Crippen molar-refractivity contribution in [2.24, 2.45) is 0 Å². The van der Waals surface area contributed by atoms with Gasteiger partial charge in [-0.2, -0.15) is 9.57 Å². The Morgan fingerprint density at radius 3 is 2.70 bits per heavy atom. The summed E-state index contributed by atoms with van der Waals surface area (Å²) in [5.74, 6) is 0. The predicted octanol–water partition coefficient (Wildman–Crippen LogP) is 0.938. The summed E-state index contributed by atoms with van der Waals surface area (Å²) in [4.78, 5) is 0.0260. The molecule has 0 radical (unpaired) electrons.